The van der Waals surface area contributed by atoms with Crippen molar-refractivity contribution in [3.63, 3.8) is 0 Å². The van der Waals surface area contributed by atoms with Crippen LogP contribution in [0.3, 0.4) is 0 Å². The summed E-state index contributed by atoms with van der Waals surface area (Å²) in [6.07, 6.45) is 0.935. The van der Waals surface area contributed by atoms with Crippen LogP contribution in [0.5, 0.6) is 0 Å². The van der Waals surface area contributed by atoms with Gasteiger partial charge in [0.25, 0.3) is 0 Å². The van der Waals surface area contributed by atoms with Crippen LogP contribution < -0.4 is 5.32 Å². The molecule has 0 bridgehead atoms. The summed E-state index contributed by atoms with van der Waals surface area (Å²) < 4.78 is 26.9. The van der Waals surface area contributed by atoms with E-state index in [1.165, 1.54) is 0 Å². The van der Waals surface area contributed by atoms with Gasteiger partial charge in [-0.2, -0.15) is 4.31 Å². The van der Waals surface area contributed by atoms with Crippen LogP contribution in [-0.2, 0) is 10.0 Å². The Morgan fingerprint density at radius 2 is 2.11 bits per heavy atom. The van der Waals surface area contributed by atoms with Crippen LogP contribution in [-0.4, -0.2) is 39.4 Å². The maximum absolute atomic E-state index is 12.7. The van der Waals surface area contributed by atoms with Crippen molar-refractivity contribution in [3.8, 4) is 0 Å². The highest BCUT2D eigenvalue weighted by molar-refractivity contribution is 7.89. The van der Waals surface area contributed by atoms with Gasteiger partial charge in [0.05, 0.1) is 4.90 Å². The topological polar surface area (TPSA) is 49.4 Å². The second kappa shape index (κ2) is 5.61. The third kappa shape index (κ3) is 2.99. The minimum absolute atomic E-state index is 0.421. The molecule has 0 spiro atoms. The number of nitrogens with one attached hydrogen (secondary N) is 1. The molecule has 2 rings (SSSR count). The molecule has 1 aliphatic heterocycles. The fourth-order valence-corrected chi connectivity index (χ4v) is 4.44. The molecule has 0 unspecified atom stereocenters. The van der Waals surface area contributed by atoms with E-state index in [2.05, 4.69) is 5.32 Å². The van der Waals surface area contributed by atoms with Gasteiger partial charge in [0.1, 0.15) is 0 Å². The van der Waals surface area contributed by atoms with E-state index in [1.807, 2.05) is 33.0 Å². The Kier molecular flexibility index (Phi) is 4.28. The van der Waals surface area contributed by atoms with Crippen molar-refractivity contribution >= 4 is 10.0 Å². The fourth-order valence-electron chi connectivity index (χ4n) is 2.60. The molecule has 1 aromatic carbocycles. The number of hydrogen-bond donors (Lipinski definition) is 1. The number of rotatable bonds is 4. The van der Waals surface area contributed by atoms with E-state index < -0.39 is 10.0 Å². The Balaban J connectivity index is 2.26. The van der Waals surface area contributed by atoms with Gasteiger partial charge in [-0.1, -0.05) is 12.1 Å². The van der Waals surface area contributed by atoms with E-state index in [0.717, 1.165) is 24.1 Å². The standard InChI is InChI=1S/C14H22N2O2S/c1-11-4-5-12(2)14(8-11)19(17,18)16-7-6-13(10-16)9-15-3/h4-5,8,13,15H,6-7,9-10H2,1-3H3/t13-/m0/s1. The molecule has 0 saturated carbocycles. The monoisotopic (exact) mass is 282 g/mol. The smallest absolute Gasteiger partial charge is 0.243 e. The second-order valence-electron chi connectivity index (χ2n) is 5.34. The molecule has 1 atom stereocenters. The van der Waals surface area contributed by atoms with Crippen molar-refractivity contribution < 1.29 is 8.42 Å². The molecule has 1 aromatic rings. The average molecular weight is 282 g/mol. The molecule has 1 heterocycles. The molecule has 1 N–H and O–H groups in total. The lowest BCUT2D eigenvalue weighted by atomic mass is 10.1. The molecule has 0 aliphatic carbocycles. The van der Waals surface area contributed by atoms with E-state index >= 15 is 0 Å². The Morgan fingerprint density at radius 3 is 2.79 bits per heavy atom. The maximum atomic E-state index is 12.7. The van der Waals surface area contributed by atoms with Gasteiger partial charge >= 0.3 is 0 Å². The molecule has 106 valence electrons. The summed E-state index contributed by atoms with van der Waals surface area (Å²) in [6.45, 7) is 5.90. The predicted octanol–water partition coefficient (Wildman–Crippen LogP) is 1.53. The molecule has 5 heteroatoms. The molecule has 0 aromatic heterocycles. The summed E-state index contributed by atoms with van der Waals surface area (Å²) in [6, 6.07) is 5.60. The Hall–Kier alpha value is -0.910. The number of aryl methyl sites for hydroxylation is 2. The lowest BCUT2D eigenvalue weighted by molar-refractivity contribution is 0.451. The molecular formula is C14H22N2O2S. The molecular weight excluding hydrogens is 260 g/mol. The van der Waals surface area contributed by atoms with Crippen LogP contribution in [0.15, 0.2) is 23.1 Å². The predicted molar refractivity (Wildman–Crippen MR) is 76.7 cm³/mol. The normalized spacial score (nSPS) is 20.9. The van der Waals surface area contributed by atoms with E-state index in [-0.39, 0.29) is 0 Å². The van der Waals surface area contributed by atoms with Crippen molar-refractivity contribution in [1.29, 1.82) is 0 Å². The molecule has 1 saturated heterocycles. The highest BCUT2D eigenvalue weighted by Gasteiger charge is 2.32. The third-order valence-corrected chi connectivity index (χ3v) is 5.71. The average Bonchev–Trinajstić information content (AvgIpc) is 2.82. The maximum Gasteiger partial charge on any atom is 0.243 e. The first-order valence-electron chi connectivity index (χ1n) is 6.67. The quantitative estimate of drug-likeness (QED) is 0.911. The van der Waals surface area contributed by atoms with Crippen molar-refractivity contribution in [1.82, 2.24) is 9.62 Å². The Bertz CT molecular complexity index is 555. The number of hydrogen-bond acceptors (Lipinski definition) is 3. The van der Waals surface area contributed by atoms with E-state index in [9.17, 15) is 8.42 Å². The molecule has 0 radical (unpaired) electrons. The van der Waals surface area contributed by atoms with Gasteiger partial charge < -0.3 is 5.32 Å². The van der Waals surface area contributed by atoms with E-state index in [1.54, 1.807) is 10.4 Å². The first-order valence-corrected chi connectivity index (χ1v) is 8.11. The van der Waals surface area contributed by atoms with Gasteiger partial charge in [0.2, 0.25) is 10.0 Å². The zero-order valence-corrected chi connectivity index (χ0v) is 12.6. The highest BCUT2D eigenvalue weighted by Crippen LogP contribution is 2.26. The Labute approximate surface area is 115 Å². The zero-order chi connectivity index (χ0) is 14.0. The zero-order valence-electron chi connectivity index (χ0n) is 11.8. The van der Waals surface area contributed by atoms with Crippen molar-refractivity contribution in [2.75, 3.05) is 26.7 Å². The van der Waals surface area contributed by atoms with Crippen LogP contribution in [0.1, 0.15) is 17.5 Å². The summed E-state index contributed by atoms with van der Waals surface area (Å²) in [5.74, 6) is 0.421. The number of sulfonamides is 1. The van der Waals surface area contributed by atoms with Crippen LogP contribution in [0.25, 0.3) is 0 Å². The molecule has 0 amide bonds. The van der Waals surface area contributed by atoms with Gasteiger partial charge in [-0.3, -0.25) is 0 Å². The molecule has 1 fully saturated rings. The summed E-state index contributed by atoms with van der Waals surface area (Å²) in [5.41, 5.74) is 1.80. The minimum Gasteiger partial charge on any atom is -0.319 e. The second-order valence-corrected chi connectivity index (χ2v) is 7.25. The van der Waals surface area contributed by atoms with Crippen molar-refractivity contribution in [2.45, 2.75) is 25.2 Å². The van der Waals surface area contributed by atoms with E-state index in [4.69, 9.17) is 0 Å². The van der Waals surface area contributed by atoms with E-state index in [0.29, 0.717) is 23.9 Å². The van der Waals surface area contributed by atoms with Gasteiger partial charge in [-0.05, 0) is 57.0 Å². The van der Waals surface area contributed by atoms with Gasteiger partial charge in [-0.25, -0.2) is 8.42 Å². The summed E-state index contributed by atoms with van der Waals surface area (Å²) in [5, 5.41) is 3.12. The van der Waals surface area contributed by atoms with Gasteiger partial charge in [0, 0.05) is 13.1 Å². The lowest BCUT2D eigenvalue weighted by Gasteiger charge is -2.18. The largest absolute Gasteiger partial charge is 0.319 e. The first kappa shape index (κ1) is 14.5. The molecule has 1 aliphatic rings. The van der Waals surface area contributed by atoms with Crippen LogP contribution in [0, 0.1) is 19.8 Å². The summed E-state index contributed by atoms with van der Waals surface area (Å²) >= 11 is 0. The summed E-state index contributed by atoms with van der Waals surface area (Å²) in [7, 11) is -1.43. The van der Waals surface area contributed by atoms with Crippen LogP contribution in [0.4, 0.5) is 0 Å². The number of benzene rings is 1. The van der Waals surface area contributed by atoms with Gasteiger partial charge in [-0.15, -0.1) is 0 Å². The summed E-state index contributed by atoms with van der Waals surface area (Å²) in [4.78, 5) is 0.456. The molecule has 4 nitrogen and oxygen atoms in total. The van der Waals surface area contributed by atoms with Gasteiger partial charge in [0.15, 0.2) is 0 Å². The van der Waals surface area contributed by atoms with Crippen molar-refractivity contribution in [2.24, 2.45) is 5.92 Å². The van der Waals surface area contributed by atoms with Crippen LogP contribution in [0.2, 0.25) is 0 Å². The first-order chi connectivity index (χ1) is 8.95. The SMILES string of the molecule is CNC[C@@H]1CCN(S(=O)(=O)c2cc(C)ccc2C)C1. The van der Waals surface area contributed by atoms with Crippen molar-refractivity contribution in [3.05, 3.63) is 29.3 Å². The highest BCUT2D eigenvalue weighted by atomic mass is 32.2. The fraction of sp³-hybridized carbons (Fsp3) is 0.571. The number of nitrogens with zero attached hydrogens (tertiary/aromatic N) is 1. The molecule has 19 heavy (non-hydrogen) atoms. The lowest BCUT2D eigenvalue weighted by Crippen LogP contribution is -2.31. The Morgan fingerprint density at radius 1 is 1.37 bits per heavy atom. The third-order valence-electron chi connectivity index (χ3n) is 3.70. The van der Waals surface area contributed by atoms with Crippen LogP contribution >= 0.6 is 0 Å². The minimum atomic E-state index is -3.34.